The summed E-state index contributed by atoms with van der Waals surface area (Å²) >= 11 is 0. The summed E-state index contributed by atoms with van der Waals surface area (Å²) < 4.78 is 49.6. The number of esters is 1. The van der Waals surface area contributed by atoms with Crippen LogP contribution in [0.2, 0.25) is 0 Å². The third-order valence-electron chi connectivity index (χ3n) is 3.55. The Morgan fingerprint density at radius 2 is 2.21 bits per heavy atom. The van der Waals surface area contributed by atoms with Crippen molar-refractivity contribution in [2.45, 2.75) is 44.8 Å². The van der Waals surface area contributed by atoms with E-state index in [0.717, 1.165) is 23.6 Å². The lowest BCUT2D eigenvalue weighted by atomic mass is 10.2. The Bertz CT molecular complexity index is 734. The molecule has 0 aromatic carbocycles. The van der Waals surface area contributed by atoms with E-state index in [1.54, 1.807) is 6.92 Å². The normalized spacial score (nSPS) is 14.8. The fourth-order valence-corrected chi connectivity index (χ4v) is 2.25. The van der Waals surface area contributed by atoms with E-state index in [1.165, 1.54) is 0 Å². The topological polar surface area (TPSA) is 83.0 Å². The molecule has 24 heavy (non-hydrogen) atoms. The minimum atomic E-state index is -4.48. The van der Waals surface area contributed by atoms with E-state index in [1.807, 2.05) is 0 Å². The van der Waals surface area contributed by atoms with Gasteiger partial charge in [0.25, 0.3) is 0 Å². The van der Waals surface area contributed by atoms with Crippen LogP contribution >= 0.6 is 0 Å². The highest BCUT2D eigenvalue weighted by molar-refractivity contribution is 5.83. The van der Waals surface area contributed by atoms with Gasteiger partial charge in [0.1, 0.15) is 5.69 Å². The molecule has 2 aromatic heterocycles. The maximum absolute atomic E-state index is 13.1. The molecule has 3 rings (SSSR count). The predicted molar refractivity (Wildman–Crippen MR) is 73.2 cm³/mol. The zero-order chi connectivity index (χ0) is 17.3. The quantitative estimate of drug-likeness (QED) is 0.749. The van der Waals surface area contributed by atoms with E-state index in [4.69, 9.17) is 9.26 Å². The van der Waals surface area contributed by atoms with Crippen molar-refractivity contribution in [3.8, 4) is 0 Å². The first kappa shape index (κ1) is 16.5. The SMILES string of the molecule is CCOC(=O)c1nc(CCn2nc(C3CC3)cc2C(F)(F)F)no1. The summed E-state index contributed by atoms with van der Waals surface area (Å²) in [4.78, 5) is 15.2. The van der Waals surface area contributed by atoms with E-state index in [9.17, 15) is 18.0 Å². The van der Waals surface area contributed by atoms with Crippen LogP contribution in [0, 0.1) is 0 Å². The van der Waals surface area contributed by atoms with Crippen molar-refractivity contribution >= 4 is 5.97 Å². The van der Waals surface area contributed by atoms with E-state index >= 15 is 0 Å². The molecule has 0 bridgehead atoms. The Hall–Kier alpha value is -2.39. The number of rotatable bonds is 6. The number of ether oxygens (including phenoxy) is 1. The van der Waals surface area contributed by atoms with Crippen molar-refractivity contribution in [2.75, 3.05) is 6.61 Å². The molecule has 1 aliphatic rings. The third-order valence-corrected chi connectivity index (χ3v) is 3.55. The first-order valence-electron chi connectivity index (χ1n) is 7.53. The van der Waals surface area contributed by atoms with E-state index in [2.05, 4.69) is 15.2 Å². The highest BCUT2D eigenvalue weighted by atomic mass is 19.4. The van der Waals surface area contributed by atoms with Gasteiger partial charge in [-0.3, -0.25) is 4.68 Å². The molecule has 0 aliphatic heterocycles. The summed E-state index contributed by atoms with van der Waals surface area (Å²) in [6.45, 7) is 1.72. The van der Waals surface area contributed by atoms with Gasteiger partial charge in [0.05, 0.1) is 12.3 Å². The van der Waals surface area contributed by atoms with Crippen molar-refractivity contribution in [2.24, 2.45) is 0 Å². The minimum Gasteiger partial charge on any atom is -0.459 e. The van der Waals surface area contributed by atoms with Crippen molar-refractivity contribution in [1.82, 2.24) is 19.9 Å². The average Bonchev–Trinajstić information content (AvgIpc) is 3.09. The average molecular weight is 344 g/mol. The standard InChI is InChI=1S/C14H15F3N4O3/c1-2-23-13(22)12-18-11(20-24-12)5-6-21-10(14(15,16)17)7-9(19-21)8-3-4-8/h7-8H,2-6H2,1H3. The Balaban J connectivity index is 1.71. The number of hydrogen-bond acceptors (Lipinski definition) is 6. The van der Waals surface area contributed by atoms with Gasteiger partial charge >= 0.3 is 18.0 Å². The number of aromatic nitrogens is 4. The van der Waals surface area contributed by atoms with Gasteiger partial charge in [-0.1, -0.05) is 5.16 Å². The van der Waals surface area contributed by atoms with Crippen LogP contribution < -0.4 is 0 Å². The number of nitrogens with zero attached hydrogens (tertiary/aromatic N) is 4. The van der Waals surface area contributed by atoms with E-state index < -0.39 is 17.8 Å². The van der Waals surface area contributed by atoms with Crippen LogP contribution in [0.15, 0.2) is 10.6 Å². The van der Waals surface area contributed by atoms with Crippen molar-refractivity contribution in [3.63, 3.8) is 0 Å². The summed E-state index contributed by atoms with van der Waals surface area (Å²) in [5, 5.41) is 7.62. The van der Waals surface area contributed by atoms with Gasteiger partial charge in [0.2, 0.25) is 0 Å². The molecule has 0 spiro atoms. The number of hydrogen-bond donors (Lipinski definition) is 0. The summed E-state index contributed by atoms with van der Waals surface area (Å²) in [6, 6.07) is 1.10. The monoisotopic (exact) mass is 344 g/mol. The largest absolute Gasteiger partial charge is 0.459 e. The number of carbonyl (C=O) groups excluding carboxylic acids is 1. The van der Waals surface area contributed by atoms with Gasteiger partial charge in [-0.2, -0.15) is 23.3 Å². The summed E-state index contributed by atoms with van der Waals surface area (Å²) in [5.74, 6) is -0.841. The van der Waals surface area contributed by atoms with E-state index in [0.29, 0.717) is 5.69 Å². The fraction of sp³-hybridized carbons (Fsp3) is 0.571. The minimum absolute atomic E-state index is 0.0533. The number of carbonyl (C=O) groups is 1. The molecular formula is C14H15F3N4O3. The molecule has 1 aliphatic carbocycles. The molecule has 0 radical (unpaired) electrons. The number of alkyl halides is 3. The molecule has 10 heteroatoms. The lowest BCUT2D eigenvalue weighted by molar-refractivity contribution is -0.144. The molecule has 2 heterocycles. The zero-order valence-electron chi connectivity index (χ0n) is 12.8. The maximum Gasteiger partial charge on any atom is 0.433 e. The molecule has 130 valence electrons. The third kappa shape index (κ3) is 3.57. The first-order valence-corrected chi connectivity index (χ1v) is 7.53. The molecule has 1 saturated carbocycles. The second-order valence-electron chi connectivity index (χ2n) is 5.44. The number of aryl methyl sites for hydroxylation is 2. The highest BCUT2D eigenvalue weighted by Gasteiger charge is 2.38. The molecule has 7 nitrogen and oxygen atoms in total. The van der Waals surface area contributed by atoms with Gasteiger partial charge in [-0.25, -0.2) is 4.79 Å². The molecule has 1 fully saturated rings. The summed E-state index contributed by atoms with van der Waals surface area (Å²) in [7, 11) is 0. The van der Waals surface area contributed by atoms with Crippen molar-refractivity contribution < 1.29 is 27.2 Å². The van der Waals surface area contributed by atoms with Gasteiger partial charge in [-0.05, 0) is 25.8 Å². The van der Waals surface area contributed by atoms with Crippen LogP contribution in [-0.2, 0) is 23.9 Å². The van der Waals surface area contributed by atoms with Gasteiger partial charge in [0.15, 0.2) is 5.82 Å². The predicted octanol–water partition coefficient (Wildman–Crippen LogP) is 2.58. The lowest BCUT2D eigenvalue weighted by Crippen LogP contribution is -2.16. The second-order valence-corrected chi connectivity index (χ2v) is 5.44. The summed E-state index contributed by atoms with van der Waals surface area (Å²) in [5.41, 5.74) is -0.332. The molecule has 0 atom stereocenters. The number of halogens is 3. The van der Waals surface area contributed by atoms with Gasteiger partial charge in [-0.15, -0.1) is 0 Å². The summed E-state index contributed by atoms with van der Waals surface area (Å²) in [6.07, 6.45) is -2.70. The van der Waals surface area contributed by atoms with Crippen LogP contribution in [-0.4, -0.2) is 32.5 Å². The lowest BCUT2D eigenvalue weighted by Gasteiger charge is -2.08. The van der Waals surface area contributed by atoms with Crippen LogP contribution in [0.3, 0.4) is 0 Å². The molecule has 0 N–H and O–H groups in total. The second kappa shape index (κ2) is 6.25. The molecule has 2 aromatic rings. The van der Waals surface area contributed by atoms with Crippen LogP contribution in [0.25, 0.3) is 0 Å². The highest BCUT2D eigenvalue weighted by Crippen LogP contribution is 2.41. The Labute approximate surface area is 134 Å². The van der Waals surface area contributed by atoms with Crippen LogP contribution in [0.4, 0.5) is 13.2 Å². The van der Waals surface area contributed by atoms with Crippen LogP contribution in [0.1, 0.15) is 53.6 Å². The van der Waals surface area contributed by atoms with Crippen molar-refractivity contribution in [3.05, 3.63) is 29.2 Å². The molecule has 0 unspecified atom stereocenters. The Morgan fingerprint density at radius 1 is 1.46 bits per heavy atom. The Morgan fingerprint density at radius 3 is 2.83 bits per heavy atom. The fourth-order valence-electron chi connectivity index (χ4n) is 2.25. The molecule has 0 saturated heterocycles. The van der Waals surface area contributed by atoms with E-state index in [-0.39, 0.29) is 37.2 Å². The maximum atomic E-state index is 13.1. The zero-order valence-corrected chi connectivity index (χ0v) is 12.8. The first-order chi connectivity index (χ1) is 11.4. The smallest absolute Gasteiger partial charge is 0.433 e. The molecular weight excluding hydrogens is 329 g/mol. The Kier molecular flexibility index (Phi) is 4.29. The van der Waals surface area contributed by atoms with Crippen LogP contribution in [0.5, 0.6) is 0 Å². The molecule has 0 amide bonds. The van der Waals surface area contributed by atoms with Gasteiger partial charge in [0, 0.05) is 18.9 Å². The van der Waals surface area contributed by atoms with Crippen molar-refractivity contribution in [1.29, 1.82) is 0 Å². The van der Waals surface area contributed by atoms with Gasteiger partial charge < -0.3 is 9.26 Å².